The second kappa shape index (κ2) is 10.7. The predicted molar refractivity (Wildman–Crippen MR) is 122 cm³/mol. The Morgan fingerprint density at radius 1 is 1.00 bits per heavy atom. The van der Waals surface area contributed by atoms with Crippen molar-refractivity contribution in [1.29, 1.82) is 0 Å². The van der Waals surface area contributed by atoms with E-state index in [0.29, 0.717) is 29.6 Å². The number of benzene rings is 2. The van der Waals surface area contributed by atoms with Gasteiger partial charge in [0.05, 0.1) is 12.8 Å². The van der Waals surface area contributed by atoms with E-state index in [9.17, 15) is 9.59 Å². The van der Waals surface area contributed by atoms with Crippen LogP contribution < -0.4 is 5.32 Å². The average molecular weight is 440 g/mol. The summed E-state index contributed by atoms with van der Waals surface area (Å²) in [5, 5.41) is 3.34. The fourth-order valence-electron chi connectivity index (χ4n) is 3.12. The van der Waals surface area contributed by atoms with E-state index >= 15 is 0 Å². The van der Waals surface area contributed by atoms with Crippen molar-refractivity contribution in [3.05, 3.63) is 89.3 Å². The van der Waals surface area contributed by atoms with Crippen LogP contribution in [0.5, 0.6) is 0 Å². The normalized spacial score (nSPS) is 10.7. The quantitative estimate of drug-likeness (QED) is 0.510. The molecule has 0 aliphatic rings. The third-order valence-electron chi connectivity index (χ3n) is 4.76. The van der Waals surface area contributed by atoms with Crippen molar-refractivity contribution in [3.8, 4) is 0 Å². The van der Waals surface area contributed by atoms with E-state index in [0.717, 1.165) is 5.56 Å². The summed E-state index contributed by atoms with van der Waals surface area (Å²) in [6.07, 6.45) is 1.58. The van der Waals surface area contributed by atoms with Crippen LogP contribution in [0.15, 0.2) is 77.4 Å². The van der Waals surface area contributed by atoms with E-state index in [4.69, 9.17) is 16.0 Å². The van der Waals surface area contributed by atoms with Crippen LogP contribution in [-0.4, -0.2) is 34.3 Å². The molecule has 6 nitrogen and oxygen atoms in total. The highest BCUT2D eigenvalue weighted by molar-refractivity contribution is 6.30. The Kier molecular flexibility index (Phi) is 7.73. The zero-order valence-corrected chi connectivity index (χ0v) is 18.4. The fourth-order valence-corrected chi connectivity index (χ4v) is 3.31. The monoisotopic (exact) mass is 439 g/mol. The summed E-state index contributed by atoms with van der Waals surface area (Å²) in [4.78, 5) is 29.3. The number of hydrogen-bond donors (Lipinski definition) is 1. The maximum absolute atomic E-state index is 13.2. The fraction of sp³-hybridized carbons (Fsp3) is 0.250. The number of halogens is 1. The average Bonchev–Trinajstić information content (AvgIpc) is 3.25. The van der Waals surface area contributed by atoms with Crippen molar-refractivity contribution in [2.24, 2.45) is 0 Å². The minimum Gasteiger partial charge on any atom is -0.467 e. The maximum Gasteiger partial charge on any atom is 0.322 e. The standard InChI is InChI=1S/C24H26ClN3O3/c1-18(2)28(24(30)26-21-11-6-10-20(25)14-21)17-23(29)27(16-22-12-7-13-31-22)15-19-8-4-3-5-9-19/h3-14,18H,15-17H2,1-2H3,(H,26,30). The van der Waals surface area contributed by atoms with Gasteiger partial charge in [0.15, 0.2) is 0 Å². The molecule has 0 spiro atoms. The third-order valence-corrected chi connectivity index (χ3v) is 5.00. The summed E-state index contributed by atoms with van der Waals surface area (Å²) in [7, 11) is 0. The smallest absolute Gasteiger partial charge is 0.322 e. The van der Waals surface area contributed by atoms with Crippen molar-refractivity contribution in [2.75, 3.05) is 11.9 Å². The molecule has 7 heteroatoms. The SMILES string of the molecule is CC(C)N(CC(=O)N(Cc1ccccc1)Cc1ccco1)C(=O)Nc1cccc(Cl)c1. The van der Waals surface area contributed by atoms with Gasteiger partial charge in [-0.05, 0) is 49.7 Å². The number of furan rings is 1. The number of hydrogen-bond acceptors (Lipinski definition) is 3. The molecule has 31 heavy (non-hydrogen) atoms. The van der Waals surface area contributed by atoms with Crippen LogP contribution in [-0.2, 0) is 17.9 Å². The van der Waals surface area contributed by atoms with E-state index in [1.165, 1.54) is 4.90 Å². The van der Waals surface area contributed by atoms with E-state index in [-0.39, 0.29) is 24.5 Å². The Morgan fingerprint density at radius 3 is 2.42 bits per heavy atom. The summed E-state index contributed by atoms with van der Waals surface area (Å²) >= 11 is 6.01. The Bertz CT molecular complexity index is 990. The Hall–Kier alpha value is -3.25. The van der Waals surface area contributed by atoms with Crippen LogP contribution in [0.2, 0.25) is 5.02 Å². The van der Waals surface area contributed by atoms with Crippen molar-refractivity contribution >= 4 is 29.2 Å². The lowest BCUT2D eigenvalue weighted by Gasteiger charge is -2.30. The topological polar surface area (TPSA) is 65.8 Å². The molecule has 0 bridgehead atoms. The molecule has 1 aromatic heterocycles. The van der Waals surface area contributed by atoms with Gasteiger partial charge >= 0.3 is 6.03 Å². The first-order chi connectivity index (χ1) is 14.9. The minimum absolute atomic E-state index is 0.0579. The van der Waals surface area contributed by atoms with E-state index in [2.05, 4.69) is 5.32 Å². The van der Waals surface area contributed by atoms with E-state index < -0.39 is 0 Å². The molecule has 0 radical (unpaired) electrons. The predicted octanol–water partition coefficient (Wildman–Crippen LogP) is 5.40. The molecule has 162 valence electrons. The molecule has 1 heterocycles. The largest absolute Gasteiger partial charge is 0.467 e. The zero-order chi connectivity index (χ0) is 22.2. The van der Waals surface area contributed by atoms with Crippen LogP contribution in [0, 0.1) is 0 Å². The highest BCUT2D eigenvalue weighted by Gasteiger charge is 2.24. The second-order valence-electron chi connectivity index (χ2n) is 7.48. The number of amides is 3. The molecule has 1 N–H and O–H groups in total. The lowest BCUT2D eigenvalue weighted by Crippen LogP contribution is -2.47. The maximum atomic E-state index is 13.2. The lowest BCUT2D eigenvalue weighted by atomic mass is 10.2. The summed E-state index contributed by atoms with van der Waals surface area (Å²) in [5.41, 5.74) is 1.58. The van der Waals surface area contributed by atoms with Crippen LogP contribution in [0.25, 0.3) is 0 Å². The summed E-state index contributed by atoms with van der Waals surface area (Å²) in [5.74, 6) is 0.513. The van der Waals surface area contributed by atoms with Gasteiger partial charge in [-0.15, -0.1) is 0 Å². The number of urea groups is 1. The molecule has 0 aliphatic heterocycles. The van der Waals surface area contributed by atoms with Crippen LogP contribution in [0.3, 0.4) is 0 Å². The van der Waals surface area contributed by atoms with Crippen molar-refractivity contribution < 1.29 is 14.0 Å². The molecular formula is C24H26ClN3O3. The van der Waals surface area contributed by atoms with Crippen molar-refractivity contribution in [2.45, 2.75) is 33.0 Å². The first-order valence-corrected chi connectivity index (χ1v) is 10.5. The highest BCUT2D eigenvalue weighted by Crippen LogP contribution is 2.17. The third kappa shape index (κ3) is 6.62. The molecule has 2 aromatic carbocycles. The molecule has 0 fully saturated rings. The van der Waals surface area contributed by atoms with Crippen molar-refractivity contribution in [3.63, 3.8) is 0 Å². The summed E-state index contributed by atoms with van der Waals surface area (Å²) < 4.78 is 5.44. The number of rotatable bonds is 8. The van der Waals surface area contributed by atoms with Crippen LogP contribution in [0.4, 0.5) is 10.5 Å². The van der Waals surface area contributed by atoms with Gasteiger partial charge in [0.25, 0.3) is 0 Å². The molecule has 0 aliphatic carbocycles. The van der Waals surface area contributed by atoms with Gasteiger partial charge in [0.1, 0.15) is 12.3 Å². The lowest BCUT2D eigenvalue weighted by molar-refractivity contribution is -0.133. The first-order valence-electron chi connectivity index (χ1n) is 10.1. The van der Waals surface area contributed by atoms with E-state index in [1.807, 2.05) is 50.2 Å². The number of carbonyl (C=O) groups is 2. The Labute approximate surface area is 187 Å². The van der Waals surface area contributed by atoms with Gasteiger partial charge in [-0.3, -0.25) is 4.79 Å². The van der Waals surface area contributed by atoms with Gasteiger partial charge < -0.3 is 19.5 Å². The number of nitrogens with zero attached hydrogens (tertiary/aromatic N) is 2. The number of nitrogens with one attached hydrogen (secondary N) is 1. The zero-order valence-electron chi connectivity index (χ0n) is 17.6. The molecule has 0 atom stereocenters. The highest BCUT2D eigenvalue weighted by atomic mass is 35.5. The van der Waals surface area contributed by atoms with Gasteiger partial charge in [0, 0.05) is 23.3 Å². The molecule has 3 aromatic rings. The van der Waals surface area contributed by atoms with Gasteiger partial charge in [-0.1, -0.05) is 48.0 Å². The second-order valence-corrected chi connectivity index (χ2v) is 7.91. The van der Waals surface area contributed by atoms with Crippen molar-refractivity contribution in [1.82, 2.24) is 9.80 Å². The van der Waals surface area contributed by atoms with Gasteiger partial charge in [0.2, 0.25) is 5.91 Å². The Morgan fingerprint density at radius 2 is 1.77 bits per heavy atom. The molecule has 0 saturated heterocycles. The van der Waals surface area contributed by atoms with Crippen LogP contribution in [0.1, 0.15) is 25.2 Å². The Balaban J connectivity index is 1.73. The molecule has 3 rings (SSSR count). The number of carbonyl (C=O) groups excluding carboxylic acids is 2. The van der Waals surface area contributed by atoms with E-state index in [1.54, 1.807) is 41.5 Å². The first kappa shape index (κ1) is 22.4. The van der Waals surface area contributed by atoms with Crippen LogP contribution >= 0.6 is 11.6 Å². The molecule has 0 saturated carbocycles. The minimum atomic E-state index is -0.358. The molecular weight excluding hydrogens is 414 g/mol. The molecule has 3 amide bonds. The number of anilines is 1. The summed E-state index contributed by atoms with van der Waals surface area (Å²) in [6.45, 7) is 4.43. The summed E-state index contributed by atoms with van der Waals surface area (Å²) in [6, 6.07) is 19.7. The van der Waals surface area contributed by atoms with Gasteiger partial charge in [-0.25, -0.2) is 4.79 Å². The molecule has 0 unspecified atom stereocenters. The van der Waals surface area contributed by atoms with Gasteiger partial charge in [-0.2, -0.15) is 0 Å².